The Morgan fingerprint density at radius 2 is 1.71 bits per heavy atom. The molecule has 1 N–H and O–H groups in total. The summed E-state index contributed by atoms with van der Waals surface area (Å²) in [5, 5.41) is 12.3. The predicted molar refractivity (Wildman–Crippen MR) is 117 cm³/mol. The zero-order chi connectivity index (χ0) is 24.1. The van der Waals surface area contributed by atoms with Crippen LogP contribution in [0.15, 0.2) is 78.9 Å². The van der Waals surface area contributed by atoms with E-state index >= 15 is 0 Å². The Kier molecular flexibility index (Phi) is 6.32. The molecule has 9 heteroatoms. The molecule has 1 amide bonds. The Balaban J connectivity index is 1.42. The van der Waals surface area contributed by atoms with Gasteiger partial charge in [0.05, 0.1) is 17.1 Å². The zero-order valence-electron chi connectivity index (χ0n) is 17.5. The van der Waals surface area contributed by atoms with E-state index in [2.05, 4.69) is 15.0 Å². The molecule has 0 aliphatic heterocycles. The molecule has 170 valence electrons. The Morgan fingerprint density at radius 1 is 0.941 bits per heavy atom. The molecule has 0 aliphatic rings. The number of amides is 1. The molecule has 0 spiro atoms. The number of alkyl halides is 3. The average molecular weight is 463 g/mol. The molecule has 0 saturated carbocycles. The number of nitrogens with zero attached hydrogens (tertiary/aromatic N) is 2. The van der Waals surface area contributed by atoms with Crippen LogP contribution < -0.4 is 14.8 Å². The molecule has 0 unspecified atom stereocenters. The van der Waals surface area contributed by atoms with Crippen molar-refractivity contribution in [3.63, 3.8) is 0 Å². The number of halogens is 3. The number of rotatable bonds is 6. The number of hydrogen-bond donors (Lipinski definition) is 1. The van der Waals surface area contributed by atoms with Gasteiger partial charge in [0.15, 0.2) is 0 Å². The van der Waals surface area contributed by atoms with Gasteiger partial charge in [0, 0.05) is 11.9 Å². The molecule has 0 fully saturated rings. The summed E-state index contributed by atoms with van der Waals surface area (Å²) >= 11 is 0. The quantitative estimate of drug-likeness (QED) is 0.395. The third-order valence-electron chi connectivity index (χ3n) is 4.70. The van der Waals surface area contributed by atoms with Crippen LogP contribution in [0, 0.1) is 11.3 Å². The first-order valence-electron chi connectivity index (χ1n) is 10.0. The molecule has 3 aromatic carbocycles. The first-order chi connectivity index (χ1) is 16.3. The van der Waals surface area contributed by atoms with E-state index in [1.54, 1.807) is 60.7 Å². The molecule has 1 heterocycles. The number of hydrogen-bond acceptors (Lipinski definition) is 5. The highest BCUT2D eigenvalue weighted by atomic mass is 19.4. The SMILES string of the molecule is N#Cc1ccc(Oc2ccc3nc(C(=O)NCc4cccc(OC(F)(F)F)c4)ccc3c2)cc1. The van der Waals surface area contributed by atoms with Gasteiger partial charge in [-0.25, -0.2) is 4.98 Å². The van der Waals surface area contributed by atoms with E-state index in [4.69, 9.17) is 10.00 Å². The first-order valence-corrected chi connectivity index (χ1v) is 10.0. The fourth-order valence-electron chi connectivity index (χ4n) is 3.15. The highest BCUT2D eigenvalue weighted by molar-refractivity contribution is 5.95. The molecular formula is C25H16F3N3O3. The van der Waals surface area contributed by atoms with Gasteiger partial charge >= 0.3 is 6.36 Å². The average Bonchev–Trinajstić information content (AvgIpc) is 2.82. The maximum absolute atomic E-state index is 12.5. The van der Waals surface area contributed by atoms with Gasteiger partial charge in [-0.15, -0.1) is 13.2 Å². The molecule has 0 atom stereocenters. The van der Waals surface area contributed by atoms with Crippen LogP contribution in [-0.4, -0.2) is 17.3 Å². The molecule has 0 bridgehead atoms. The van der Waals surface area contributed by atoms with Crippen LogP contribution in [0.3, 0.4) is 0 Å². The van der Waals surface area contributed by atoms with Gasteiger partial charge in [0.1, 0.15) is 22.9 Å². The number of nitriles is 1. The molecule has 4 aromatic rings. The van der Waals surface area contributed by atoms with Crippen LogP contribution in [0.25, 0.3) is 10.9 Å². The summed E-state index contributed by atoms with van der Waals surface area (Å²) in [6, 6.07) is 22.6. The molecular weight excluding hydrogens is 447 g/mol. The normalized spacial score (nSPS) is 11.0. The maximum atomic E-state index is 12.5. The van der Waals surface area contributed by atoms with Crippen molar-refractivity contribution in [2.24, 2.45) is 0 Å². The second-order valence-electron chi connectivity index (χ2n) is 7.17. The number of pyridine rings is 1. The lowest BCUT2D eigenvalue weighted by Crippen LogP contribution is -2.24. The second-order valence-corrected chi connectivity index (χ2v) is 7.17. The van der Waals surface area contributed by atoms with Crippen LogP contribution in [0.5, 0.6) is 17.2 Å². The van der Waals surface area contributed by atoms with Crippen LogP contribution in [0.4, 0.5) is 13.2 Å². The fraction of sp³-hybridized carbons (Fsp3) is 0.0800. The molecule has 1 aromatic heterocycles. The van der Waals surface area contributed by atoms with Crippen molar-refractivity contribution in [2.45, 2.75) is 12.9 Å². The smallest absolute Gasteiger partial charge is 0.457 e. The molecule has 4 rings (SSSR count). The van der Waals surface area contributed by atoms with Gasteiger partial charge < -0.3 is 14.8 Å². The van der Waals surface area contributed by atoms with Gasteiger partial charge in [-0.2, -0.15) is 5.26 Å². The number of carbonyl (C=O) groups is 1. The fourth-order valence-corrected chi connectivity index (χ4v) is 3.15. The lowest BCUT2D eigenvalue weighted by molar-refractivity contribution is -0.274. The van der Waals surface area contributed by atoms with E-state index in [1.807, 2.05) is 6.07 Å². The molecule has 0 radical (unpaired) electrons. The number of aromatic nitrogens is 1. The number of carbonyl (C=O) groups excluding carboxylic acids is 1. The number of nitrogens with one attached hydrogen (secondary N) is 1. The van der Waals surface area contributed by atoms with Crippen molar-refractivity contribution < 1.29 is 27.4 Å². The van der Waals surface area contributed by atoms with Crippen molar-refractivity contribution >= 4 is 16.8 Å². The largest absolute Gasteiger partial charge is 0.573 e. The Labute approximate surface area is 192 Å². The van der Waals surface area contributed by atoms with Crippen molar-refractivity contribution in [3.05, 3.63) is 95.7 Å². The summed E-state index contributed by atoms with van der Waals surface area (Å²) in [7, 11) is 0. The summed E-state index contributed by atoms with van der Waals surface area (Å²) in [5.74, 6) is 0.313. The van der Waals surface area contributed by atoms with Crippen molar-refractivity contribution in [3.8, 4) is 23.3 Å². The summed E-state index contributed by atoms with van der Waals surface area (Å²) in [6.07, 6.45) is -4.79. The van der Waals surface area contributed by atoms with E-state index in [0.717, 1.165) is 5.39 Å². The van der Waals surface area contributed by atoms with Gasteiger partial charge in [0.2, 0.25) is 0 Å². The van der Waals surface area contributed by atoms with E-state index in [-0.39, 0.29) is 18.0 Å². The van der Waals surface area contributed by atoms with E-state index in [0.29, 0.717) is 28.1 Å². The van der Waals surface area contributed by atoms with Crippen LogP contribution >= 0.6 is 0 Å². The standard InChI is InChI=1S/C25H16F3N3O3/c26-25(27,28)34-21-3-1-2-17(12-21)15-30-24(32)23-10-6-18-13-20(9-11-22(18)31-23)33-19-7-4-16(14-29)5-8-19/h1-13H,15H2,(H,30,32). The highest BCUT2D eigenvalue weighted by Crippen LogP contribution is 2.26. The summed E-state index contributed by atoms with van der Waals surface area (Å²) in [6.45, 7) is 0.00494. The third-order valence-corrected chi connectivity index (χ3v) is 4.70. The molecule has 0 aliphatic carbocycles. The highest BCUT2D eigenvalue weighted by Gasteiger charge is 2.31. The first kappa shape index (κ1) is 22.6. The van der Waals surface area contributed by atoms with Crippen LogP contribution in [0.1, 0.15) is 21.6 Å². The predicted octanol–water partition coefficient (Wildman–Crippen LogP) is 5.73. The lowest BCUT2D eigenvalue weighted by Gasteiger charge is -2.11. The number of ether oxygens (including phenoxy) is 2. The summed E-state index contributed by atoms with van der Waals surface area (Å²) in [4.78, 5) is 16.9. The topological polar surface area (TPSA) is 84.2 Å². The molecule has 34 heavy (non-hydrogen) atoms. The van der Waals surface area contributed by atoms with Gasteiger partial charge in [-0.05, 0) is 66.2 Å². The van der Waals surface area contributed by atoms with E-state index < -0.39 is 12.3 Å². The number of benzene rings is 3. The maximum Gasteiger partial charge on any atom is 0.573 e. The van der Waals surface area contributed by atoms with Crippen molar-refractivity contribution in [1.29, 1.82) is 5.26 Å². The number of fused-ring (bicyclic) bond motifs is 1. The van der Waals surface area contributed by atoms with E-state index in [9.17, 15) is 18.0 Å². The Bertz CT molecular complexity index is 1380. The minimum absolute atomic E-state index is 0.00494. The second kappa shape index (κ2) is 9.50. The Hall–Kier alpha value is -4.58. The molecule has 6 nitrogen and oxygen atoms in total. The molecule has 0 saturated heterocycles. The monoisotopic (exact) mass is 463 g/mol. The van der Waals surface area contributed by atoms with Gasteiger partial charge in [0.25, 0.3) is 5.91 Å². The third kappa shape index (κ3) is 5.81. The minimum Gasteiger partial charge on any atom is -0.457 e. The van der Waals surface area contributed by atoms with Crippen molar-refractivity contribution in [2.75, 3.05) is 0 Å². The lowest BCUT2D eigenvalue weighted by atomic mass is 10.1. The van der Waals surface area contributed by atoms with Crippen molar-refractivity contribution in [1.82, 2.24) is 10.3 Å². The van der Waals surface area contributed by atoms with Crippen LogP contribution in [-0.2, 0) is 6.54 Å². The zero-order valence-corrected chi connectivity index (χ0v) is 17.5. The minimum atomic E-state index is -4.79. The van der Waals surface area contributed by atoms with E-state index in [1.165, 1.54) is 18.2 Å². The summed E-state index contributed by atoms with van der Waals surface area (Å²) < 4.78 is 46.8. The summed E-state index contributed by atoms with van der Waals surface area (Å²) in [5.41, 5.74) is 1.71. The van der Waals surface area contributed by atoms with Gasteiger partial charge in [-0.3, -0.25) is 4.79 Å². The van der Waals surface area contributed by atoms with Gasteiger partial charge in [-0.1, -0.05) is 18.2 Å². The Morgan fingerprint density at radius 3 is 2.44 bits per heavy atom. The van der Waals surface area contributed by atoms with Crippen LogP contribution in [0.2, 0.25) is 0 Å².